The number of nitrogens with one attached hydrogen (secondary N) is 1. The van der Waals surface area contributed by atoms with E-state index in [0.29, 0.717) is 37.8 Å². The first-order valence-corrected chi connectivity index (χ1v) is 12.7. The minimum absolute atomic E-state index is 0.0176. The van der Waals surface area contributed by atoms with Gasteiger partial charge in [0.05, 0.1) is 24.7 Å². The molecule has 2 aliphatic rings. The predicted octanol–water partition coefficient (Wildman–Crippen LogP) is 2.09. The number of thiophene rings is 1. The van der Waals surface area contributed by atoms with E-state index in [1.54, 1.807) is 28.4 Å². The van der Waals surface area contributed by atoms with Gasteiger partial charge < -0.3 is 19.7 Å². The number of hydrogen-bond donors (Lipinski definition) is 1. The van der Waals surface area contributed by atoms with E-state index in [4.69, 9.17) is 9.47 Å². The third-order valence-corrected chi connectivity index (χ3v) is 8.43. The lowest BCUT2D eigenvalue weighted by Gasteiger charge is -2.34. The number of ether oxygens (including phenoxy) is 2. The highest BCUT2D eigenvalue weighted by molar-refractivity contribution is 7.89. The van der Waals surface area contributed by atoms with Gasteiger partial charge in [0, 0.05) is 49.6 Å². The van der Waals surface area contributed by atoms with Crippen molar-refractivity contribution in [3.8, 4) is 11.5 Å². The summed E-state index contributed by atoms with van der Waals surface area (Å²) in [5.74, 6) is 1.01. The number of nitrogens with zero attached hydrogens (tertiary/aromatic N) is 2. The predicted molar refractivity (Wildman–Crippen MR) is 118 cm³/mol. The maximum absolute atomic E-state index is 13.1. The van der Waals surface area contributed by atoms with Gasteiger partial charge in [-0.25, -0.2) is 8.42 Å². The normalized spacial score (nSPS) is 18.4. The van der Waals surface area contributed by atoms with E-state index in [-0.39, 0.29) is 36.5 Å². The molecule has 3 heterocycles. The molecule has 8 nitrogen and oxygen atoms in total. The fraction of sp³-hybridized carbons (Fsp3) is 0.476. The molecule has 0 unspecified atom stereocenters. The Labute approximate surface area is 186 Å². The standard InChI is InChI=1S/C21H27N3O5S2/c1-16(20-4-2-13-30-20)22-15-21(25)23-7-9-24(10-8-23)31(26,27)17-5-6-18-19(14-17)29-12-3-11-28-18/h2,4-6,13-14,16,22H,3,7-12,15H2,1H3/t16-/m0/s1. The van der Waals surface area contributed by atoms with Gasteiger partial charge >= 0.3 is 0 Å². The Morgan fingerprint density at radius 2 is 1.87 bits per heavy atom. The summed E-state index contributed by atoms with van der Waals surface area (Å²) in [5, 5.41) is 5.26. The molecule has 1 amide bonds. The van der Waals surface area contributed by atoms with Crippen LogP contribution >= 0.6 is 11.3 Å². The van der Waals surface area contributed by atoms with Crippen LogP contribution in [0.4, 0.5) is 0 Å². The molecule has 0 saturated carbocycles. The van der Waals surface area contributed by atoms with E-state index in [2.05, 4.69) is 5.32 Å². The highest BCUT2D eigenvalue weighted by atomic mass is 32.2. The van der Waals surface area contributed by atoms with Crippen LogP contribution in [0.1, 0.15) is 24.3 Å². The molecule has 1 N–H and O–H groups in total. The maximum Gasteiger partial charge on any atom is 0.243 e. The van der Waals surface area contributed by atoms with Crippen molar-refractivity contribution in [3.63, 3.8) is 0 Å². The molecule has 0 aliphatic carbocycles. The van der Waals surface area contributed by atoms with E-state index in [9.17, 15) is 13.2 Å². The van der Waals surface area contributed by atoms with Gasteiger partial charge in [0.15, 0.2) is 11.5 Å². The van der Waals surface area contributed by atoms with E-state index in [1.807, 2.05) is 24.4 Å². The zero-order valence-corrected chi connectivity index (χ0v) is 19.1. The second-order valence-corrected chi connectivity index (χ2v) is 10.5. The van der Waals surface area contributed by atoms with Crippen LogP contribution < -0.4 is 14.8 Å². The zero-order chi connectivity index (χ0) is 21.8. The van der Waals surface area contributed by atoms with Crippen LogP contribution in [-0.2, 0) is 14.8 Å². The Morgan fingerprint density at radius 3 is 2.58 bits per heavy atom. The molecule has 1 saturated heterocycles. The van der Waals surface area contributed by atoms with Gasteiger partial charge in [-0.15, -0.1) is 11.3 Å². The summed E-state index contributed by atoms with van der Waals surface area (Å²) >= 11 is 1.65. The summed E-state index contributed by atoms with van der Waals surface area (Å²) in [7, 11) is -3.67. The molecule has 168 valence electrons. The van der Waals surface area contributed by atoms with Gasteiger partial charge in [-0.05, 0) is 30.5 Å². The lowest BCUT2D eigenvalue weighted by molar-refractivity contribution is -0.131. The van der Waals surface area contributed by atoms with Crippen molar-refractivity contribution in [1.82, 2.24) is 14.5 Å². The van der Waals surface area contributed by atoms with Gasteiger partial charge in [0.1, 0.15) is 0 Å². The Hall–Kier alpha value is -2.14. The van der Waals surface area contributed by atoms with E-state index in [0.717, 1.165) is 6.42 Å². The molecule has 0 bridgehead atoms. The molecule has 4 rings (SSSR count). The second-order valence-electron chi connectivity index (χ2n) is 7.56. The number of carbonyl (C=O) groups excluding carboxylic acids is 1. The molecule has 0 spiro atoms. The molecular weight excluding hydrogens is 438 g/mol. The van der Waals surface area contributed by atoms with Crippen LogP contribution in [-0.4, -0.2) is 69.5 Å². The summed E-state index contributed by atoms with van der Waals surface area (Å²) in [5.41, 5.74) is 0. The Balaban J connectivity index is 1.33. The number of piperazine rings is 1. The van der Waals surface area contributed by atoms with Gasteiger partial charge in [0.2, 0.25) is 15.9 Å². The SMILES string of the molecule is C[C@H](NCC(=O)N1CCN(S(=O)(=O)c2ccc3c(c2)OCCCO3)CC1)c1cccs1. The van der Waals surface area contributed by atoms with E-state index < -0.39 is 10.0 Å². The number of benzene rings is 1. The average Bonchev–Trinajstić information content (AvgIpc) is 3.22. The van der Waals surface area contributed by atoms with Crippen molar-refractivity contribution in [1.29, 1.82) is 0 Å². The highest BCUT2D eigenvalue weighted by Gasteiger charge is 2.31. The smallest absolute Gasteiger partial charge is 0.243 e. The van der Waals surface area contributed by atoms with Crippen LogP contribution in [0.15, 0.2) is 40.6 Å². The summed E-state index contributed by atoms with van der Waals surface area (Å²) in [4.78, 5) is 15.6. The minimum Gasteiger partial charge on any atom is -0.490 e. The van der Waals surface area contributed by atoms with Crippen LogP contribution in [0.2, 0.25) is 0 Å². The third-order valence-electron chi connectivity index (χ3n) is 5.48. The van der Waals surface area contributed by atoms with Crippen molar-refractivity contribution in [2.24, 2.45) is 0 Å². The van der Waals surface area contributed by atoms with Crippen molar-refractivity contribution in [2.75, 3.05) is 45.9 Å². The zero-order valence-electron chi connectivity index (χ0n) is 17.5. The fourth-order valence-corrected chi connectivity index (χ4v) is 5.82. The first-order chi connectivity index (χ1) is 14.9. The van der Waals surface area contributed by atoms with Crippen molar-refractivity contribution < 1.29 is 22.7 Å². The van der Waals surface area contributed by atoms with Crippen molar-refractivity contribution in [3.05, 3.63) is 40.6 Å². The van der Waals surface area contributed by atoms with Gasteiger partial charge in [0.25, 0.3) is 0 Å². The fourth-order valence-electron chi connectivity index (χ4n) is 3.62. The molecular formula is C21H27N3O5S2. The van der Waals surface area contributed by atoms with Crippen LogP contribution in [0.25, 0.3) is 0 Å². The van der Waals surface area contributed by atoms with E-state index >= 15 is 0 Å². The molecule has 1 aromatic heterocycles. The lowest BCUT2D eigenvalue weighted by Crippen LogP contribution is -2.52. The van der Waals surface area contributed by atoms with E-state index in [1.165, 1.54) is 15.2 Å². The van der Waals surface area contributed by atoms with Crippen LogP contribution in [0, 0.1) is 0 Å². The van der Waals surface area contributed by atoms with Gasteiger partial charge in [-0.3, -0.25) is 4.79 Å². The summed E-state index contributed by atoms with van der Waals surface area (Å²) in [6, 6.07) is 8.86. The van der Waals surface area contributed by atoms with Gasteiger partial charge in [-0.1, -0.05) is 6.07 Å². The lowest BCUT2D eigenvalue weighted by atomic mass is 10.2. The first-order valence-electron chi connectivity index (χ1n) is 10.4. The number of fused-ring (bicyclic) bond motifs is 1. The second kappa shape index (κ2) is 9.56. The number of hydrogen-bond acceptors (Lipinski definition) is 7. The maximum atomic E-state index is 13.1. The largest absolute Gasteiger partial charge is 0.490 e. The van der Waals surface area contributed by atoms with Gasteiger partial charge in [-0.2, -0.15) is 4.31 Å². The molecule has 2 aromatic rings. The number of sulfonamides is 1. The average molecular weight is 466 g/mol. The molecule has 31 heavy (non-hydrogen) atoms. The summed E-state index contributed by atoms with van der Waals surface area (Å²) in [6.45, 7) is 4.58. The molecule has 10 heteroatoms. The highest BCUT2D eigenvalue weighted by Crippen LogP contribution is 2.33. The van der Waals surface area contributed by atoms with Crippen LogP contribution in [0.5, 0.6) is 11.5 Å². The number of amides is 1. The minimum atomic E-state index is -3.67. The third kappa shape index (κ3) is 5.03. The Bertz CT molecular complexity index is 1000. The Kier molecular flexibility index (Phi) is 6.80. The van der Waals surface area contributed by atoms with Crippen molar-refractivity contribution >= 4 is 27.3 Å². The first kappa shape index (κ1) is 22.1. The quantitative estimate of drug-likeness (QED) is 0.703. The number of carbonyl (C=O) groups is 1. The molecule has 2 aliphatic heterocycles. The molecule has 0 radical (unpaired) electrons. The monoisotopic (exact) mass is 465 g/mol. The molecule has 1 fully saturated rings. The molecule has 1 atom stereocenters. The topological polar surface area (TPSA) is 88.2 Å². The summed E-state index contributed by atoms with van der Waals surface area (Å²) < 4.78 is 38.8. The number of rotatable bonds is 6. The summed E-state index contributed by atoms with van der Waals surface area (Å²) in [6.07, 6.45) is 0.758. The Morgan fingerprint density at radius 1 is 1.13 bits per heavy atom. The molecule has 1 aromatic carbocycles. The van der Waals surface area contributed by atoms with Crippen molar-refractivity contribution in [2.45, 2.75) is 24.3 Å². The van der Waals surface area contributed by atoms with Crippen LogP contribution in [0.3, 0.4) is 0 Å².